The van der Waals surface area contributed by atoms with Crippen LogP contribution >= 0.6 is 0 Å². The van der Waals surface area contributed by atoms with E-state index >= 15 is 0 Å². The Morgan fingerprint density at radius 2 is 1.73 bits per heavy atom. The molecule has 0 radical (unpaired) electrons. The number of carbonyl (C=O) groups excluding carboxylic acids is 3. The van der Waals surface area contributed by atoms with Crippen LogP contribution in [0.25, 0.3) is 0 Å². The van der Waals surface area contributed by atoms with Gasteiger partial charge < -0.3 is 10.1 Å². The summed E-state index contributed by atoms with van der Waals surface area (Å²) in [7, 11) is 0. The topological polar surface area (TPSA) is 84.5 Å². The van der Waals surface area contributed by atoms with Crippen molar-refractivity contribution in [1.82, 2.24) is 10.6 Å². The fourth-order valence-electron chi connectivity index (χ4n) is 2.50. The van der Waals surface area contributed by atoms with E-state index in [0.717, 1.165) is 18.4 Å². The zero-order valence-electron chi connectivity index (χ0n) is 16.1. The summed E-state index contributed by atoms with van der Waals surface area (Å²) in [5.74, 6) is -0.999. The van der Waals surface area contributed by atoms with Crippen LogP contribution in [-0.4, -0.2) is 31.1 Å². The van der Waals surface area contributed by atoms with E-state index in [4.69, 9.17) is 4.74 Å². The molecule has 0 heterocycles. The van der Waals surface area contributed by atoms with E-state index in [1.165, 1.54) is 0 Å². The van der Waals surface area contributed by atoms with Crippen LogP contribution in [0.4, 0.5) is 4.79 Å². The molecule has 0 bridgehead atoms. The van der Waals surface area contributed by atoms with Crippen LogP contribution in [0, 0.1) is 11.8 Å². The van der Waals surface area contributed by atoms with Crippen LogP contribution < -0.4 is 10.6 Å². The van der Waals surface area contributed by atoms with Gasteiger partial charge in [-0.05, 0) is 23.8 Å². The summed E-state index contributed by atoms with van der Waals surface area (Å²) < 4.78 is 5.16. The highest BCUT2D eigenvalue weighted by atomic mass is 16.5. The van der Waals surface area contributed by atoms with Crippen LogP contribution in [0.15, 0.2) is 30.3 Å². The Balaban J connectivity index is 2.52. The van der Waals surface area contributed by atoms with E-state index in [-0.39, 0.29) is 5.92 Å². The number of amides is 3. The van der Waals surface area contributed by atoms with Crippen molar-refractivity contribution in [3.8, 4) is 0 Å². The van der Waals surface area contributed by atoms with Crippen molar-refractivity contribution in [2.45, 2.75) is 46.5 Å². The fourth-order valence-corrected chi connectivity index (χ4v) is 2.50. The first-order valence-corrected chi connectivity index (χ1v) is 9.14. The molecule has 1 rings (SSSR count). The quantitative estimate of drug-likeness (QED) is 0.661. The average Bonchev–Trinajstić information content (AvgIpc) is 2.60. The van der Waals surface area contributed by atoms with Crippen molar-refractivity contribution in [2.24, 2.45) is 11.8 Å². The third-order valence-electron chi connectivity index (χ3n) is 4.23. The SMILES string of the molecule is CC[C@@H](C)[C@H](C(=O)OCC(=O)NC(=O)NCCC(C)C)c1ccccc1. The first-order chi connectivity index (χ1) is 12.3. The van der Waals surface area contributed by atoms with Gasteiger partial charge in [0.05, 0.1) is 5.92 Å². The maximum atomic E-state index is 12.5. The Morgan fingerprint density at radius 3 is 2.31 bits per heavy atom. The van der Waals surface area contributed by atoms with Crippen molar-refractivity contribution < 1.29 is 19.1 Å². The van der Waals surface area contributed by atoms with Crippen molar-refractivity contribution >= 4 is 17.9 Å². The lowest BCUT2D eigenvalue weighted by Gasteiger charge is -2.21. The number of benzene rings is 1. The molecule has 0 saturated carbocycles. The Hall–Kier alpha value is -2.37. The number of urea groups is 1. The highest BCUT2D eigenvalue weighted by Gasteiger charge is 2.27. The Morgan fingerprint density at radius 1 is 1.08 bits per heavy atom. The lowest BCUT2D eigenvalue weighted by molar-refractivity contribution is -0.151. The second kappa shape index (κ2) is 11.3. The van der Waals surface area contributed by atoms with Crippen molar-refractivity contribution in [3.63, 3.8) is 0 Å². The molecule has 144 valence electrons. The van der Waals surface area contributed by atoms with Crippen LogP contribution in [0.1, 0.15) is 52.0 Å². The fraction of sp³-hybridized carbons (Fsp3) is 0.550. The Bertz CT molecular complexity index is 587. The molecule has 0 saturated heterocycles. The van der Waals surface area contributed by atoms with Crippen LogP contribution in [0.5, 0.6) is 0 Å². The molecule has 0 aliphatic rings. The predicted molar refractivity (Wildman–Crippen MR) is 101 cm³/mol. The Kier molecular flexibility index (Phi) is 9.41. The van der Waals surface area contributed by atoms with Gasteiger partial charge in [-0.1, -0.05) is 64.4 Å². The van der Waals surface area contributed by atoms with E-state index in [0.29, 0.717) is 12.5 Å². The molecule has 1 aromatic rings. The van der Waals surface area contributed by atoms with Crippen molar-refractivity contribution in [2.75, 3.05) is 13.2 Å². The first kappa shape index (κ1) is 21.7. The van der Waals surface area contributed by atoms with Crippen LogP contribution in [0.3, 0.4) is 0 Å². The van der Waals surface area contributed by atoms with E-state index < -0.39 is 30.4 Å². The van der Waals surface area contributed by atoms with Gasteiger partial charge in [0.1, 0.15) is 0 Å². The molecular weight excluding hydrogens is 332 g/mol. The normalized spacial score (nSPS) is 13.0. The molecule has 0 spiro atoms. The molecule has 3 amide bonds. The maximum absolute atomic E-state index is 12.5. The highest BCUT2D eigenvalue weighted by molar-refractivity contribution is 5.95. The van der Waals surface area contributed by atoms with E-state index in [1.54, 1.807) is 0 Å². The van der Waals surface area contributed by atoms with Gasteiger partial charge in [-0.3, -0.25) is 14.9 Å². The van der Waals surface area contributed by atoms with Gasteiger partial charge in [-0.25, -0.2) is 4.79 Å². The van der Waals surface area contributed by atoms with Crippen LogP contribution in [0.2, 0.25) is 0 Å². The monoisotopic (exact) mass is 362 g/mol. The number of esters is 1. The molecule has 0 aromatic heterocycles. The summed E-state index contributed by atoms with van der Waals surface area (Å²) in [6.07, 6.45) is 1.63. The van der Waals surface area contributed by atoms with Gasteiger partial charge >= 0.3 is 12.0 Å². The lowest BCUT2D eigenvalue weighted by Crippen LogP contribution is -2.42. The van der Waals surface area contributed by atoms with Gasteiger partial charge in [-0.15, -0.1) is 0 Å². The molecule has 6 nitrogen and oxygen atoms in total. The first-order valence-electron chi connectivity index (χ1n) is 9.14. The molecular formula is C20H30N2O4. The van der Waals surface area contributed by atoms with E-state index in [1.807, 2.05) is 58.0 Å². The zero-order chi connectivity index (χ0) is 19.5. The predicted octanol–water partition coefficient (Wildman–Crippen LogP) is 3.23. The number of ether oxygens (including phenoxy) is 1. The zero-order valence-corrected chi connectivity index (χ0v) is 16.1. The number of nitrogens with one attached hydrogen (secondary N) is 2. The smallest absolute Gasteiger partial charge is 0.321 e. The van der Waals surface area contributed by atoms with Gasteiger partial charge in [0.2, 0.25) is 0 Å². The minimum atomic E-state index is -0.642. The van der Waals surface area contributed by atoms with Gasteiger partial charge in [0.25, 0.3) is 5.91 Å². The van der Waals surface area contributed by atoms with Gasteiger partial charge in [0.15, 0.2) is 6.61 Å². The number of hydrogen-bond acceptors (Lipinski definition) is 4. The van der Waals surface area contributed by atoms with Crippen molar-refractivity contribution in [1.29, 1.82) is 0 Å². The maximum Gasteiger partial charge on any atom is 0.321 e. The summed E-state index contributed by atoms with van der Waals surface area (Å²) in [5.41, 5.74) is 0.860. The number of carbonyl (C=O) groups is 3. The molecule has 0 unspecified atom stereocenters. The summed E-state index contributed by atoms with van der Waals surface area (Å²) in [5, 5.41) is 4.76. The molecule has 26 heavy (non-hydrogen) atoms. The molecule has 0 fully saturated rings. The lowest BCUT2D eigenvalue weighted by atomic mass is 9.86. The number of hydrogen-bond donors (Lipinski definition) is 2. The largest absolute Gasteiger partial charge is 0.455 e. The second-order valence-electron chi connectivity index (χ2n) is 6.87. The molecule has 0 aliphatic heterocycles. The third kappa shape index (κ3) is 7.68. The van der Waals surface area contributed by atoms with E-state index in [9.17, 15) is 14.4 Å². The van der Waals surface area contributed by atoms with Crippen molar-refractivity contribution in [3.05, 3.63) is 35.9 Å². The summed E-state index contributed by atoms with van der Waals surface area (Å²) >= 11 is 0. The van der Waals surface area contributed by atoms with E-state index in [2.05, 4.69) is 10.6 Å². The minimum Gasteiger partial charge on any atom is -0.455 e. The highest BCUT2D eigenvalue weighted by Crippen LogP contribution is 2.28. The third-order valence-corrected chi connectivity index (χ3v) is 4.23. The number of rotatable bonds is 9. The Labute approximate surface area is 155 Å². The second-order valence-corrected chi connectivity index (χ2v) is 6.87. The summed E-state index contributed by atoms with van der Waals surface area (Å²) in [4.78, 5) is 35.9. The van der Waals surface area contributed by atoms with Crippen LogP contribution in [-0.2, 0) is 14.3 Å². The molecule has 2 atom stereocenters. The molecule has 6 heteroatoms. The molecule has 0 aliphatic carbocycles. The molecule has 1 aromatic carbocycles. The number of imide groups is 1. The minimum absolute atomic E-state index is 0.0762. The van der Waals surface area contributed by atoms with Gasteiger partial charge in [0, 0.05) is 6.54 Å². The summed E-state index contributed by atoms with van der Waals surface area (Å²) in [6.45, 7) is 8.08. The standard InChI is InChI=1S/C20H30N2O4/c1-5-15(4)18(16-9-7-6-8-10-16)19(24)26-13-17(23)22-20(25)21-12-11-14(2)3/h6-10,14-15,18H,5,11-13H2,1-4H3,(H2,21,22,23,25)/t15-,18+/m1/s1. The molecule has 2 N–H and O–H groups in total. The van der Waals surface area contributed by atoms with Gasteiger partial charge in [-0.2, -0.15) is 0 Å². The summed E-state index contributed by atoms with van der Waals surface area (Å²) in [6, 6.07) is 8.79. The average molecular weight is 362 g/mol.